The van der Waals surface area contributed by atoms with Crippen molar-refractivity contribution in [1.82, 2.24) is 4.98 Å². The Hall–Kier alpha value is -1.32. The Kier molecular flexibility index (Phi) is 3.22. The van der Waals surface area contributed by atoms with E-state index in [9.17, 15) is 0 Å². The SMILES string of the molecule is CCc1nc2c(Cl)ccc(C)c2c(NN)c1C. The Morgan fingerprint density at radius 1 is 1.35 bits per heavy atom. The summed E-state index contributed by atoms with van der Waals surface area (Å²) in [5.41, 5.74) is 7.76. The van der Waals surface area contributed by atoms with Crippen molar-refractivity contribution in [2.45, 2.75) is 27.2 Å². The van der Waals surface area contributed by atoms with E-state index >= 15 is 0 Å². The number of hydrogen-bond donors (Lipinski definition) is 2. The Morgan fingerprint density at radius 2 is 2.06 bits per heavy atom. The van der Waals surface area contributed by atoms with E-state index in [4.69, 9.17) is 17.4 Å². The minimum Gasteiger partial charge on any atom is -0.323 e. The van der Waals surface area contributed by atoms with Crippen LogP contribution in [0.2, 0.25) is 5.02 Å². The zero-order valence-electron chi connectivity index (χ0n) is 10.3. The highest BCUT2D eigenvalue weighted by Gasteiger charge is 2.13. The van der Waals surface area contributed by atoms with Crippen LogP contribution in [0.4, 0.5) is 5.69 Å². The van der Waals surface area contributed by atoms with Crippen LogP contribution in [-0.4, -0.2) is 4.98 Å². The Balaban J connectivity index is 2.97. The van der Waals surface area contributed by atoms with Crippen molar-refractivity contribution in [1.29, 1.82) is 0 Å². The molecule has 0 spiro atoms. The average molecular weight is 250 g/mol. The average Bonchev–Trinajstić information content (AvgIpc) is 2.33. The number of nitrogen functional groups attached to an aromatic ring is 1. The van der Waals surface area contributed by atoms with Crippen LogP contribution in [-0.2, 0) is 6.42 Å². The number of hydrazine groups is 1. The summed E-state index contributed by atoms with van der Waals surface area (Å²) in [6.07, 6.45) is 0.862. The monoisotopic (exact) mass is 249 g/mol. The molecule has 2 aromatic rings. The van der Waals surface area contributed by atoms with E-state index in [0.29, 0.717) is 5.02 Å². The molecule has 0 aliphatic carbocycles. The smallest absolute Gasteiger partial charge is 0.0915 e. The van der Waals surface area contributed by atoms with Gasteiger partial charge in [0.2, 0.25) is 0 Å². The summed E-state index contributed by atoms with van der Waals surface area (Å²) in [4.78, 5) is 4.63. The Bertz CT molecular complexity index is 579. The first-order chi connectivity index (χ1) is 8.10. The fourth-order valence-corrected chi connectivity index (χ4v) is 2.37. The van der Waals surface area contributed by atoms with Crippen molar-refractivity contribution >= 4 is 28.2 Å². The molecule has 0 aliphatic heterocycles. The third-order valence-electron chi connectivity index (χ3n) is 3.12. The predicted octanol–water partition coefficient (Wildman–Crippen LogP) is 3.35. The van der Waals surface area contributed by atoms with Crippen molar-refractivity contribution in [2.24, 2.45) is 5.84 Å². The fraction of sp³-hybridized carbons (Fsp3) is 0.308. The normalized spacial score (nSPS) is 10.9. The maximum atomic E-state index is 6.21. The molecular weight excluding hydrogens is 234 g/mol. The van der Waals surface area contributed by atoms with Crippen molar-refractivity contribution < 1.29 is 0 Å². The second kappa shape index (κ2) is 4.51. The molecule has 4 heteroatoms. The van der Waals surface area contributed by atoms with Gasteiger partial charge in [-0.1, -0.05) is 24.6 Å². The first-order valence-corrected chi connectivity index (χ1v) is 6.02. The summed E-state index contributed by atoms with van der Waals surface area (Å²) in [6.45, 7) is 6.14. The molecule has 0 saturated heterocycles. The number of benzene rings is 1. The minimum atomic E-state index is 0.664. The van der Waals surface area contributed by atoms with Crippen molar-refractivity contribution in [3.05, 3.63) is 34.0 Å². The van der Waals surface area contributed by atoms with E-state index in [1.807, 2.05) is 26.0 Å². The van der Waals surface area contributed by atoms with Crippen LogP contribution in [0.25, 0.3) is 10.9 Å². The second-order valence-corrected chi connectivity index (χ2v) is 4.55. The number of nitrogens with one attached hydrogen (secondary N) is 1. The number of aryl methyl sites for hydroxylation is 2. The fourth-order valence-electron chi connectivity index (χ4n) is 2.17. The minimum absolute atomic E-state index is 0.664. The first-order valence-electron chi connectivity index (χ1n) is 5.65. The molecule has 0 saturated carbocycles. The molecule has 0 atom stereocenters. The standard InChI is InChI=1S/C13H16ClN3/c1-4-10-8(3)12(17-15)11-7(2)5-6-9(14)13(11)16-10/h5-6H,4,15H2,1-3H3,(H,16,17). The lowest BCUT2D eigenvalue weighted by molar-refractivity contribution is 1.03. The lowest BCUT2D eigenvalue weighted by Gasteiger charge is -2.15. The van der Waals surface area contributed by atoms with E-state index in [0.717, 1.165) is 39.8 Å². The van der Waals surface area contributed by atoms with Gasteiger partial charge in [-0.2, -0.15) is 0 Å². The lowest BCUT2D eigenvalue weighted by atomic mass is 10.0. The highest BCUT2D eigenvalue weighted by molar-refractivity contribution is 6.35. The van der Waals surface area contributed by atoms with Gasteiger partial charge in [-0.25, -0.2) is 0 Å². The molecular formula is C13H16ClN3. The molecule has 0 radical (unpaired) electrons. The molecule has 0 unspecified atom stereocenters. The van der Waals surface area contributed by atoms with Gasteiger partial charge in [0.1, 0.15) is 0 Å². The zero-order valence-corrected chi connectivity index (χ0v) is 11.0. The van der Waals surface area contributed by atoms with Crippen molar-refractivity contribution in [2.75, 3.05) is 5.43 Å². The van der Waals surface area contributed by atoms with Crippen LogP contribution < -0.4 is 11.3 Å². The number of halogens is 1. The summed E-state index contributed by atoms with van der Waals surface area (Å²) in [7, 11) is 0. The number of nitrogens with zero attached hydrogens (tertiary/aromatic N) is 1. The van der Waals surface area contributed by atoms with Gasteiger partial charge in [0, 0.05) is 11.1 Å². The molecule has 17 heavy (non-hydrogen) atoms. The molecule has 1 aromatic carbocycles. The highest BCUT2D eigenvalue weighted by Crippen LogP contribution is 2.33. The number of rotatable bonds is 2. The van der Waals surface area contributed by atoms with E-state index in [1.165, 1.54) is 0 Å². The third-order valence-corrected chi connectivity index (χ3v) is 3.43. The Labute approximate surface area is 106 Å². The number of fused-ring (bicyclic) bond motifs is 1. The summed E-state index contributed by atoms with van der Waals surface area (Å²) in [5.74, 6) is 5.64. The van der Waals surface area contributed by atoms with E-state index < -0.39 is 0 Å². The highest BCUT2D eigenvalue weighted by atomic mass is 35.5. The van der Waals surface area contributed by atoms with Crippen LogP contribution in [0.1, 0.15) is 23.7 Å². The first kappa shape index (κ1) is 12.1. The maximum absolute atomic E-state index is 6.21. The van der Waals surface area contributed by atoms with Gasteiger partial charge in [0.25, 0.3) is 0 Å². The quantitative estimate of drug-likeness (QED) is 0.634. The van der Waals surface area contributed by atoms with E-state index in [2.05, 4.69) is 17.3 Å². The van der Waals surface area contributed by atoms with Gasteiger partial charge in [0.15, 0.2) is 0 Å². The number of nitrogens with two attached hydrogens (primary N) is 1. The molecule has 90 valence electrons. The topological polar surface area (TPSA) is 50.9 Å². The van der Waals surface area contributed by atoms with Gasteiger partial charge < -0.3 is 5.43 Å². The van der Waals surface area contributed by atoms with Crippen molar-refractivity contribution in [3.63, 3.8) is 0 Å². The van der Waals surface area contributed by atoms with Crippen LogP contribution in [0.5, 0.6) is 0 Å². The lowest BCUT2D eigenvalue weighted by Crippen LogP contribution is -2.11. The van der Waals surface area contributed by atoms with Crippen LogP contribution >= 0.6 is 11.6 Å². The number of aromatic nitrogens is 1. The van der Waals surface area contributed by atoms with Gasteiger partial charge in [-0.3, -0.25) is 10.8 Å². The molecule has 0 aliphatic rings. The Morgan fingerprint density at radius 3 is 2.65 bits per heavy atom. The largest absolute Gasteiger partial charge is 0.323 e. The van der Waals surface area contributed by atoms with E-state index in [1.54, 1.807) is 0 Å². The van der Waals surface area contributed by atoms with Crippen LogP contribution in [0.15, 0.2) is 12.1 Å². The molecule has 2 rings (SSSR count). The molecule has 0 fully saturated rings. The molecule has 0 amide bonds. The molecule has 1 heterocycles. The predicted molar refractivity (Wildman–Crippen MR) is 73.4 cm³/mol. The molecule has 3 N–H and O–H groups in total. The number of anilines is 1. The zero-order chi connectivity index (χ0) is 12.6. The van der Waals surface area contributed by atoms with Crippen LogP contribution in [0.3, 0.4) is 0 Å². The summed E-state index contributed by atoms with van der Waals surface area (Å²) >= 11 is 6.21. The van der Waals surface area contributed by atoms with E-state index in [-0.39, 0.29) is 0 Å². The maximum Gasteiger partial charge on any atom is 0.0915 e. The third kappa shape index (κ3) is 1.85. The molecule has 3 nitrogen and oxygen atoms in total. The van der Waals surface area contributed by atoms with Gasteiger partial charge >= 0.3 is 0 Å². The van der Waals surface area contributed by atoms with Gasteiger partial charge in [-0.05, 0) is 37.5 Å². The van der Waals surface area contributed by atoms with Crippen LogP contribution in [0, 0.1) is 13.8 Å². The number of hydrogen-bond acceptors (Lipinski definition) is 3. The summed E-state index contributed by atoms with van der Waals surface area (Å²) in [6, 6.07) is 3.86. The van der Waals surface area contributed by atoms with Gasteiger partial charge in [-0.15, -0.1) is 0 Å². The van der Waals surface area contributed by atoms with Crippen molar-refractivity contribution in [3.8, 4) is 0 Å². The molecule has 1 aromatic heterocycles. The molecule has 0 bridgehead atoms. The summed E-state index contributed by atoms with van der Waals surface area (Å²) in [5, 5.41) is 1.67. The second-order valence-electron chi connectivity index (χ2n) is 4.14. The number of pyridine rings is 1. The summed E-state index contributed by atoms with van der Waals surface area (Å²) < 4.78 is 0. The van der Waals surface area contributed by atoms with Gasteiger partial charge in [0.05, 0.1) is 16.2 Å².